The van der Waals surface area contributed by atoms with Gasteiger partial charge in [0.2, 0.25) is 5.91 Å². The number of ether oxygens (including phenoxy) is 1. The molecule has 0 atom stereocenters. The fraction of sp³-hybridized carbons (Fsp3) is 0.273. The number of hydrogen-bond donors (Lipinski definition) is 1. The first-order valence-electron chi connectivity index (χ1n) is 5.43. The molecular weight excluding hydrogens is 432 g/mol. The van der Waals surface area contributed by atoms with Crippen LogP contribution in [-0.4, -0.2) is 35.4 Å². The van der Waals surface area contributed by atoms with Gasteiger partial charge in [-0.05, 0) is 31.9 Å². The molecule has 7 nitrogen and oxygen atoms in total. The van der Waals surface area contributed by atoms with Crippen LogP contribution in [0.4, 0.5) is 11.4 Å². The average Bonchev–Trinajstić information content (AvgIpc) is 2.42. The van der Waals surface area contributed by atoms with Gasteiger partial charge in [-0.2, -0.15) is 0 Å². The summed E-state index contributed by atoms with van der Waals surface area (Å²) in [6, 6.07) is 2.59. The molecule has 10 heteroatoms. The van der Waals surface area contributed by atoms with E-state index in [1.54, 1.807) is 0 Å². The topological polar surface area (TPSA) is 98.5 Å². The van der Waals surface area contributed by atoms with Crippen molar-refractivity contribution in [2.24, 2.45) is 0 Å². The third-order valence-electron chi connectivity index (χ3n) is 2.18. The Morgan fingerprint density at radius 1 is 1.33 bits per heavy atom. The number of nitrogens with one attached hydrogen (secondary N) is 1. The van der Waals surface area contributed by atoms with Crippen molar-refractivity contribution in [1.82, 2.24) is 0 Å². The van der Waals surface area contributed by atoms with E-state index in [0.29, 0.717) is 14.6 Å². The molecule has 0 bridgehead atoms. The van der Waals surface area contributed by atoms with Crippen LogP contribution in [-0.2, 0) is 14.3 Å². The molecule has 21 heavy (non-hydrogen) atoms. The van der Waals surface area contributed by atoms with Gasteiger partial charge in [0, 0.05) is 21.1 Å². The Bertz CT molecular complexity index is 559. The van der Waals surface area contributed by atoms with Crippen LogP contribution in [0.25, 0.3) is 0 Å². The van der Waals surface area contributed by atoms with E-state index in [1.165, 1.54) is 19.2 Å². The summed E-state index contributed by atoms with van der Waals surface area (Å²) in [7, 11) is 1.27. The highest BCUT2D eigenvalue weighted by atomic mass is 79.9. The van der Waals surface area contributed by atoms with Gasteiger partial charge in [0.05, 0.1) is 29.2 Å². The second kappa shape index (κ2) is 8.35. The van der Waals surface area contributed by atoms with Crippen molar-refractivity contribution in [3.63, 3.8) is 0 Å². The quantitative estimate of drug-likeness (QED) is 0.414. The maximum Gasteiger partial charge on any atom is 0.315 e. The monoisotopic (exact) mass is 440 g/mol. The molecule has 1 aromatic rings. The van der Waals surface area contributed by atoms with Crippen molar-refractivity contribution in [2.75, 3.05) is 23.9 Å². The minimum atomic E-state index is -0.534. The number of nitro benzene ring substituents is 1. The first kappa shape index (κ1) is 17.9. The summed E-state index contributed by atoms with van der Waals surface area (Å²) < 4.78 is 5.22. The summed E-state index contributed by atoms with van der Waals surface area (Å²) >= 11 is 7.44. The van der Waals surface area contributed by atoms with E-state index in [0.717, 1.165) is 11.8 Å². The van der Waals surface area contributed by atoms with Crippen LogP contribution < -0.4 is 5.32 Å². The number of carbonyl (C=O) groups excluding carboxylic acids is 2. The van der Waals surface area contributed by atoms with E-state index in [4.69, 9.17) is 0 Å². The van der Waals surface area contributed by atoms with Crippen LogP contribution >= 0.6 is 43.6 Å². The van der Waals surface area contributed by atoms with Crippen molar-refractivity contribution in [3.05, 3.63) is 31.2 Å². The Balaban J connectivity index is 2.68. The summed E-state index contributed by atoms with van der Waals surface area (Å²) in [5, 5.41) is 13.3. The molecule has 1 rings (SSSR count). The standard InChI is InChI=1S/C11H10Br2N2O5S/c1-20-10(17)5-21-4-9(16)14-11-7(12)2-6(15(18)19)3-8(11)13/h2-3H,4-5H2,1H3,(H,14,16). The molecule has 0 aliphatic heterocycles. The van der Waals surface area contributed by atoms with Gasteiger partial charge >= 0.3 is 5.97 Å². The Morgan fingerprint density at radius 2 is 1.90 bits per heavy atom. The second-order valence-corrected chi connectivity index (χ2v) is 6.35. The van der Waals surface area contributed by atoms with Crippen molar-refractivity contribution in [1.29, 1.82) is 0 Å². The Morgan fingerprint density at radius 3 is 2.38 bits per heavy atom. The zero-order valence-electron chi connectivity index (χ0n) is 10.7. The second-order valence-electron chi connectivity index (χ2n) is 3.66. The molecule has 0 saturated heterocycles. The Kier molecular flexibility index (Phi) is 7.12. The molecular formula is C11H10Br2N2O5S. The molecule has 0 spiro atoms. The molecule has 0 unspecified atom stereocenters. The molecule has 1 aromatic carbocycles. The summed E-state index contributed by atoms with van der Waals surface area (Å²) in [6.07, 6.45) is 0. The maximum absolute atomic E-state index is 11.7. The van der Waals surface area contributed by atoms with Crippen molar-refractivity contribution >= 4 is 66.9 Å². The molecule has 0 radical (unpaired) electrons. The lowest BCUT2D eigenvalue weighted by Crippen LogP contribution is -2.16. The smallest absolute Gasteiger partial charge is 0.315 e. The summed E-state index contributed by atoms with van der Waals surface area (Å²) in [6.45, 7) is 0. The zero-order valence-corrected chi connectivity index (χ0v) is 14.7. The number of methoxy groups -OCH3 is 1. The zero-order chi connectivity index (χ0) is 16.0. The van der Waals surface area contributed by atoms with E-state index in [2.05, 4.69) is 41.9 Å². The number of amides is 1. The van der Waals surface area contributed by atoms with E-state index in [9.17, 15) is 19.7 Å². The van der Waals surface area contributed by atoms with Crippen LogP contribution in [0, 0.1) is 10.1 Å². The fourth-order valence-corrected chi connectivity index (χ4v) is 3.25. The highest BCUT2D eigenvalue weighted by Crippen LogP contribution is 2.35. The normalized spacial score (nSPS) is 10.0. The summed E-state index contributed by atoms with van der Waals surface area (Å²) in [5.41, 5.74) is 0.288. The van der Waals surface area contributed by atoms with Gasteiger partial charge in [0.25, 0.3) is 5.69 Å². The molecule has 1 amide bonds. The number of carbonyl (C=O) groups is 2. The summed E-state index contributed by atoms with van der Waals surface area (Å²) in [5.74, 6) is -0.609. The predicted octanol–water partition coefficient (Wildman–Crippen LogP) is 2.96. The lowest BCUT2D eigenvalue weighted by Gasteiger charge is -2.09. The van der Waals surface area contributed by atoms with E-state index in [-0.39, 0.29) is 23.1 Å². The van der Waals surface area contributed by atoms with E-state index < -0.39 is 10.9 Å². The predicted molar refractivity (Wildman–Crippen MR) is 86.5 cm³/mol. The first-order chi connectivity index (χ1) is 9.85. The number of nitro groups is 1. The average molecular weight is 442 g/mol. The van der Waals surface area contributed by atoms with Gasteiger partial charge in [0.1, 0.15) is 0 Å². The number of non-ortho nitro benzene ring substituents is 1. The molecule has 0 aliphatic rings. The molecule has 1 N–H and O–H groups in total. The third-order valence-corrected chi connectivity index (χ3v) is 4.34. The molecule has 0 saturated carbocycles. The van der Waals surface area contributed by atoms with Gasteiger partial charge in [-0.25, -0.2) is 0 Å². The molecule has 0 heterocycles. The number of rotatable bonds is 6. The van der Waals surface area contributed by atoms with Crippen molar-refractivity contribution in [2.45, 2.75) is 0 Å². The van der Waals surface area contributed by atoms with E-state index >= 15 is 0 Å². The molecule has 0 aromatic heterocycles. The van der Waals surface area contributed by atoms with Crippen molar-refractivity contribution in [3.8, 4) is 0 Å². The van der Waals surface area contributed by atoms with Crippen LogP contribution in [0.5, 0.6) is 0 Å². The van der Waals surface area contributed by atoms with E-state index in [1.807, 2.05) is 0 Å². The van der Waals surface area contributed by atoms with Crippen LogP contribution in [0.3, 0.4) is 0 Å². The van der Waals surface area contributed by atoms with Gasteiger partial charge in [0.15, 0.2) is 0 Å². The highest BCUT2D eigenvalue weighted by molar-refractivity contribution is 9.11. The lowest BCUT2D eigenvalue weighted by atomic mass is 10.3. The maximum atomic E-state index is 11.7. The third kappa shape index (κ3) is 5.64. The Hall–Kier alpha value is -1.13. The number of benzene rings is 1. The van der Waals surface area contributed by atoms with Gasteiger partial charge < -0.3 is 10.1 Å². The summed E-state index contributed by atoms with van der Waals surface area (Å²) in [4.78, 5) is 32.8. The highest BCUT2D eigenvalue weighted by Gasteiger charge is 2.16. The largest absolute Gasteiger partial charge is 0.468 e. The van der Waals surface area contributed by atoms with Gasteiger partial charge in [-0.3, -0.25) is 19.7 Å². The molecule has 114 valence electrons. The minimum Gasteiger partial charge on any atom is -0.468 e. The van der Waals surface area contributed by atoms with Gasteiger partial charge in [-0.15, -0.1) is 11.8 Å². The van der Waals surface area contributed by atoms with Crippen molar-refractivity contribution < 1.29 is 19.2 Å². The number of hydrogen-bond acceptors (Lipinski definition) is 6. The minimum absolute atomic E-state index is 0.0605. The van der Waals surface area contributed by atoms with Crippen LogP contribution in [0.2, 0.25) is 0 Å². The number of nitrogens with zero attached hydrogens (tertiary/aromatic N) is 1. The fourth-order valence-electron chi connectivity index (χ4n) is 1.25. The number of anilines is 1. The van der Waals surface area contributed by atoms with Gasteiger partial charge in [-0.1, -0.05) is 0 Å². The number of thioether (sulfide) groups is 1. The number of halogens is 2. The lowest BCUT2D eigenvalue weighted by molar-refractivity contribution is -0.385. The first-order valence-corrected chi connectivity index (χ1v) is 8.17. The number of esters is 1. The van der Waals surface area contributed by atoms with Crippen LogP contribution in [0.15, 0.2) is 21.1 Å². The van der Waals surface area contributed by atoms with Crippen LogP contribution in [0.1, 0.15) is 0 Å². The molecule has 0 fully saturated rings. The Labute approximate surface area is 141 Å². The molecule has 0 aliphatic carbocycles. The SMILES string of the molecule is COC(=O)CSCC(=O)Nc1c(Br)cc([N+](=O)[O-])cc1Br.